The van der Waals surface area contributed by atoms with E-state index < -0.39 is 5.91 Å². The molecule has 0 spiro atoms. The number of benzene rings is 1. The highest BCUT2D eigenvalue weighted by Crippen LogP contribution is 2.37. The number of furan rings is 1. The molecule has 0 bridgehead atoms. The summed E-state index contributed by atoms with van der Waals surface area (Å²) in [6.45, 7) is 4.34. The Labute approximate surface area is 199 Å². The van der Waals surface area contributed by atoms with Crippen LogP contribution in [0.4, 0.5) is 11.4 Å². The van der Waals surface area contributed by atoms with E-state index in [4.69, 9.17) is 13.9 Å². The van der Waals surface area contributed by atoms with E-state index in [0.29, 0.717) is 36.1 Å². The molecule has 1 aromatic heterocycles. The first kappa shape index (κ1) is 25.1. The van der Waals surface area contributed by atoms with Crippen LogP contribution >= 0.6 is 0 Å². The van der Waals surface area contributed by atoms with E-state index in [0.717, 1.165) is 25.7 Å². The monoisotopic (exact) mass is 471 g/mol. The highest BCUT2D eigenvalue weighted by molar-refractivity contribution is 6.04. The fourth-order valence-corrected chi connectivity index (χ4v) is 3.88. The van der Waals surface area contributed by atoms with Crippen molar-refractivity contribution >= 4 is 29.1 Å². The van der Waals surface area contributed by atoms with Crippen molar-refractivity contribution in [2.45, 2.75) is 64.8 Å². The Morgan fingerprint density at radius 1 is 0.912 bits per heavy atom. The fraction of sp³-hybridized carbons (Fsp3) is 0.480. The number of rotatable bonds is 11. The van der Waals surface area contributed by atoms with Gasteiger partial charge in [-0.15, -0.1) is 0 Å². The summed E-state index contributed by atoms with van der Waals surface area (Å²) < 4.78 is 16.5. The SMILES string of the molecule is CCOc1cc(NC(=O)c2ccco2)c(OCC)cc1NC(=O)CCC(=O)NC1CCCCC1. The lowest BCUT2D eigenvalue weighted by molar-refractivity contribution is -0.125. The quantitative estimate of drug-likeness (QED) is 0.444. The van der Waals surface area contributed by atoms with Crippen LogP contribution in [0, 0.1) is 0 Å². The molecule has 0 saturated heterocycles. The summed E-state index contributed by atoms with van der Waals surface area (Å²) in [4.78, 5) is 37.3. The number of anilines is 2. The van der Waals surface area contributed by atoms with E-state index in [1.807, 2.05) is 13.8 Å². The maximum Gasteiger partial charge on any atom is 0.291 e. The van der Waals surface area contributed by atoms with Crippen molar-refractivity contribution in [1.29, 1.82) is 0 Å². The lowest BCUT2D eigenvalue weighted by Gasteiger charge is -2.22. The van der Waals surface area contributed by atoms with Gasteiger partial charge >= 0.3 is 0 Å². The number of hydrogen-bond acceptors (Lipinski definition) is 6. The van der Waals surface area contributed by atoms with Crippen molar-refractivity contribution in [1.82, 2.24) is 5.32 Å². The first-order chi connectivity index (χ1) is 16.5. The van der Waals surface area contributed by atoms with Crippen molar-refractivity contribution in [2.75, 3.05) is 23.8 Å². The van der Waals surface area contributed by atoms with Crippen LogP contribution < -0.4 is 25.4 Å². The summed E-state index contributed by atoms with van der Waals surface area (Å²) in [5.74, 6) is 0.0444. The second-order valence-corrected chi connectivity index (χ2v) is 8.09. The molecule has 184 valence electrons. The van der Waals surface area contributed by atoms with Gasteiger partial charge in [-0.2, -0.15) is 0 Å². The molecule has 1 heterocycles. The molecule has 3 rings (SSSR count). The van der Waals surface area contributed by atoms with Crippen molar-refractivity contribution in [3.63, 3.8) is 0 Å². The van der Waals surface area contributed by atoms with Gasteiger partial charge in [0.1, 0.15) is 11.5 Å². The summed E-state index contributed by atoms with van der Waals surface area (Å²) in [5, 5.41) is 8.58. The molecule has 3 amide bonds. The van der Waals surface area contributed by atoms with E-state index in [2.05, 4.69) is 16.0 Å². The van der Waals surface area contributed by atoms with Gasteiger partial charge in [0.15, 0.2) is 5.76 Å². The molecule has 1 saturated carbocycles. The molecule has 0 atom stereocenters. The molecule has 9 nitrogen and oxygen atoms in total. The zero-order valence-corrected chi connectivity index (χ0v) is 19.8. The molecule has 3 N–H and O–H groups in total. The van der Waals surface area contributed by atoms with Crippen LogP contribution in [-0.2, 0) is 9.59 Å². The van der Waals surface area contributed by atoms with Crippen LogP contribution in [-0.4, -0.2) is 37.0 Å². The van der Waals surface area contributed by atoms with Crippen LogP contribution in [0.15, 0.2) is 34.9 Å². The number of amides is 3. The molecular formula is C25H33N3O6. The third kappa shape index (κ3) is 7.26. The zero-order chi connectivity index (χ0) is 24.3. The summed E-state index contributed by atoms with van der Waals surface area (Å²) in [6.07, 6.45) is 7.05. The molecule has 0 unspecified atom stereocenters. The number of carbonyl (C=O) groups is 3. The van der Waals surface area contributed by atoms with Crippen molar-refractivity contribution in [2.24, 2.45) is 0 Å². The van der Waals surface area contributed by atoms with Crippen molar-refractivity contribution in [3.05, 3.63) is 36.3 Å². The number of ether oxygens (including phenoxy) is 2. The van der Waals surface area contributed by atoms with Crippen LogP contribution in [0.2, 0.25) is 0 Å². The lowest BCUT2D eigenvalue weighted by Crippen LogP contribution is -2.36. The van der Waals surface area contributed by atoms with Gasteiger partial charge in [0.25, 0.3) is 5.91 Å². The van der Waals surface area contributed by atoms with Crippen LogP contribution in [0.5, 0.6) is 11.5 Å². The van der Waals surface area contributed by atoms with Gasteiger partial charge in [-0.05, 0) is 38.8 Å². The first-order valence-electron chi connectivity index (χ1n) is 11.9. The predicted molar refractivity (Wildman–Crippen MR) is 128 cm³/mol. The standard InChI is InChI=1S/C25H33N3O6/c1-3-32-21-16-19(28-25(31)20-11-8-14-34-20)22(33-4-2)15-18(21)27-24(30)13-12-23(29)26-17-9-6-5-7-10-17/h8,11,14-17H,3-7,9-10,12-13H2,1-2H3,(H,26,29)(H,27,30)(H,28,31). The maximum absolute atomic E-state index is 12.6. The summed E-state index contributed by atoms with van der Waals surface area (Å²) in [7, 11) is 0. The molecule has 1 aliphatic carbocycles. The fourth-order valence-electron chi connectivity index (χ4n) is 3.88. The highest BCUT2D eigenvalue weighted by atomic mass is 16.5. The zero-order valence-electron chi connectivity index (χ0n) is 19.8. The molecule has 34 heavy (non-hydrogen) atoms. The number of nitrogens with one attached hydrogen (secondary N) is 3. The van der Waals surface area contributed by atoms with Crippen LogP contribution in [0.1, 0.15) is 69.3 Å². The summed E-state index contributed by atoms with van der Waals surface area (Å²) in [6, 6.07) is 6.59. The number of carbonyl (C=O) groups excluding carboxylic acids is 3. The first-order valence-corrected chi connectivity index (χ1v) is 11.9. The minimum absolute atomic E-state index is 0.0467. The van der Waals surface area contributed by atoms with E-state index in [1.165, 1.54) is 12.7 Å². The molecule has 0 aliphatic heterocycles. The Bertz CT molecular complexity index is 967. The Kier molecular flexibility index (Phi) is 9.37. The van der Waals surface area contributed by atoms with Crippen LogP contribution in [0.3, 0.4) is 0 Å². The minimum atomic E-state index is -0.436. The summed E-state index contributed by atoms with van der Waals surface area (Å²) >= 11 is 0. The third-order valence-electron chi connectivity index (χ3n) is 5.50. The molecular weight excluding hydrogens is 438 g/mol. The molecule has 1 aliphatic rings. The highest BCUT2D eigenvalue weighted by Gasteiger charge is 2.19. The van der Waals surface area contributed by atoms with Crippen molar-refractivity contribution < 1.29 is 28.3 Å². The summed E-state index contributed by atoms with van der Waals surface area (Å²) in [5.41, 5.74) is 0.788. The minimum Gasteiger partial charge on any atom is -0.492 e. The Morgan fingerprint density at radius 2 is 1.53 bits per heavy atom. The van der Waals surface area contributed by atoms with E-state index >= 15 is 0 Å². The van der Waals surface area contributed by atoms with Crippen LogP contribution in [0.25, 0.3) is 0 Å². The Morgan fingerprint density at radius 3 is 2.12 bits per heavy atom. The van der Waals surface area contributed by atoms with Gasteiger partial charge in [0.2, 0.25) is 11.8 Å². The average molecular weight is 472 g/mol. The normalized spacial score (nSPS) is 13.7. The van der Waals surface area contributed by atoms with Gasteiger partial charge in [0, 0.05) is 31.0 Å². The van der Waals surface area contributed by atoms with Gasteiger partial charge in [0.05, 0.1) is 30.9 Å². The largest absolute Gasteiger partial charge is 0.492 e. The van der Waals surface area contributed by atoms with Gasteiger partial charge in [-0.1, -0.05) is 19.3 Å². The number of hydrogen-bond donors (Lipinski definition) is 3. The van der Waals surface area contributed by atoms with Gasteiger partial charge in [-0.25, -0.2) is 0 Å². The molecule has 1 aromatic carbocycles. The second-order valence-electron chi connectivity index (χ2n) is 8.09. The molecule has 2 aromatic rings. The van der Waals surface area contributed by atoms with E-state index in [-0.39, 0.29) is 36.5 Å². The average Bonchev–Trinajstić information content (AvgIpc) is 3.36. The maximum atomic E-state index is 12.6. The molecule has 9 heteroatoms. The van der Waals surface area contributed by atoms with E-state index in [1.54, 1.807) is 24.3 Å². The third-order valence-corrected chi connectivity index (χ3v) is 5.50. The van der Waals surface area contributed by atoms with E-state index in [9.17, 15) is 14.4 Å². The Hall–Kier alpha value is -3.49. The lowest BCUT2D eigenvalue weighted by atomic mass is 9.95. The predicted octanol–water partition coefficient (Wildman–Crippen LogP) is 4.50. The smallest absolute Gasteiger partial charge is 0.291 e. The Balaban J connectivity index is 1.66. The van der Waals surface area contributed by atoms with Gasteiger partial charge < -0.3 is 29.8 Å². The second kappa shape index (κ2) is 12.7. The van der Waals surface area contributed by atoms with Crippen molar-refractivity contribution in [3.8, 4) is 11.5 Å². The van der Waals surface area contributed by atoms with Gasteiger partial charge in [-0.3, -0.25) is 14.4 Å². The molecule has 0 radical (unpaired) electrons. The molecule has 1 fully saturated rings. The topological polar surface area (TPSA) is 119 Å².